The molecule has 0 radical (unpaired) electrons. The highest BCUT2D eigenvalue weighted by atomic mass is 16.2. The van der Waals surface area contributed by atoms with Crippen molar-refractivity contribution in [1.82, 2.24) is 29.6 Å². The summed E-state index contributed by atoms with van der Waals surface area (Å²) in [5.41, 5.74) is 4.15. The van der Waals surface area contributed by atoms with Gasteiger partial charge in [0.25, 0.3) is 5.91 Å². The van der Waals surface area contributed by atoms with Gasteiger partial charge in [0.1, 0.15) is 11.5 Å². The molecule has 4 aromatic rings. The molecule has 0 bridgehead atoms. The first-order valence-electron chi connectivity index (χ1n) is 10.9. The van der Waals surface area contributed by atoms with E-state index in [2.05, 4.69) is 25.8 Å². The summed E-state index contributed by atoms with van der Waals surface area (Å²) in [7, 11) is 2.02. The third-order valence-corrected chi connectivity index (χ3v) is 6.23. The van der Waals surface area contributed by atoms with Crippen LogP contribution in [0.2, 0.25) is 0 Å². The maximum absolute atomic E-state index is 13.6. The first-order valence-corrected chi connectivity index (χ1v) is 10.9. The number of benzene rings is 1. The van der Waals surface area contributed by atoms with Crippen LogP contribution >= 0.6 is 0 Å². The molecule has 0 aliphatic heterocycles. The number of imidazole rings is 1. The number of pyridine rings is 1. The van der Waals surface area contributed by atoms with Gasteiger partial charge >= 0.3 is 0 Å². The van der Waals surface area contributed by atoms with Gasteiger partial charge in [-0.2, -0.15) is 5.10 Å². The van der Waals surface area contributed by atoms with Crippen LogP contribution in [0.25, 0.3) is 22.3 Å². The van der Waals surface area contributed by atoms with Crippen molar-refractivity contribution in [2.45, 2.75) is 44.7 Å². The molecule has 1 aliphatic carbocycles. The fraction of sp³-hybridized carbons (Fsp3) is 0.333. The van der Waals surface area contributed by atoms with Gasteiger partial charge < -0.3 is 9.47 Å². The summed E-state index contributed by atoms with van der Waals surface area (Å²) >= 11 is 0. The minimum Gasteiger partial charge on any atom is -0.330 e. The number of fused-ring (bicyclic) bond motifs is 1. The van der Waals surface area contributed by atoms with E-state index in [1.54, 1.807) is 12.4 Å². The number of H-pyrrole nitrogens is 1. The van der Waals surface area contributed by atoms with Crippen molar-refractivity contribution in [3.63, 3.8) is 0 Å². The van der Waals surface area contributed by atoms with Crippen molar-refractivity contribution in [2.75, 3.05) is 0 Å². The molecule has 1 amide bonds. The molecule has 0 unspecified atom stereocenters. The SMILES string of the molecule is Cn1c(CN(C(=O)c2cc(-c3cccnc3)n[nH]2)C2CCCCC2)nc2ccccc21. The Labute approximate surface area is 181 Å². The van der Waals surface area contributed by atoms with Gasteiger partial charge in [0.15, 0.2) is 0 Å². The molecular weight excluding hydrogens is 388 g/mol. The summed E-state index contributed by atoms with van der Waals surface area (Å²) in [5, 5.41) is 7.32. The molecule has 7 heteroatoms. The molecule has 0 spiro atoms. The third kappa shape index (κ3) is 3.83. The zero-order valence-corrected chi connectivity index (χ0v) is 17.7. The van der Waals surface area contributed by atoms with E-state index in [1.165, 1.54) is 6.42 Å². The number of hydrogen-bond donors (Lipinski definition) is 1. The van der Waals surface area contributed by atoms with Crippen molar-refractivity contribution < 1.29 is 4.79 Å². The van der Waals surface area contributed by atoms with Crippen LogP contribution in [0.15, 0.2) is 54.9 Å². The summed E-state index contributed by atoms with van der Waals surface area (Å²) in [5.74, 6) is 0.869. The highest BCUT2D eigenvalue weighted by Crippen LogP contribution is 2.27. The fourth-order valence-electron chi connectivity index (χ4n) is 4.50. The van der Waals surface area contributed by atoms with Crippen LogP contribution in [0.1, 0.15) is 48.4 Å². The molecular formula is C24H26N6O. The van der Waals surface area contributed by atoms with Crippen molar-refractivity contribution in [3.05, 3.63) is 66.4 Å². The number of aryl methyl sites for hydroxylation is 1. The standard InChI is InChI=1S/C24H26N6O/c1-29-22-12-6-5-11-19(22)26-23(29)16-30(18-9-3-2-4-10-18)24(31)21-14-20(27-28-21)17-8-7-13-25-15-17/h5-8,11-15,18H,2-4,9-10,16H2,1H3,(H,27,28). The zero-order chi connectivity index (χ0) is 21.2. The largest absolute Gasteiger partial charge is 0.330 e. The van der Waals surface area contributed by atoms with Gasteiger partial charge in [-0.1, -0.05) is 31.4 Å². The van der Waals surface area contributed by atoms with Gasteiger partial charge in [0, 0.05) is 31.0 Å². The van der Waals surface area contributed by atoms with Crippen LogP contribution in [-0.4, -0.2) is 41.6 Å². The average Bonchev–Trinajstić information content (AvgIpc) is 3.44. The highest BCUT2D eigenvalue weighted by molar-refractivity contribution is 5.93. The van der Waals surface area contributed by atoms with Crippen molar-refractivity contribution in [2.24, 2.45) is 7.05 Å². The Bertz CT molecular complexity index is 1190. The van der Waals surface area contributed by atoms with Crippen LogP contribution in [0.3, 0.4) is 0 Å². The number of aromatic amines is 1. The predicted octanol–water partition coefficient (Wildman–Crippen LogP) is 4.33. The number of hydrogen-bond acceptors (Lipinski definition) is 4. The molecule has 1 saturated carbocycles. The molecule has 7 nitrogen and oxygen atoms in total. The van der Waals surface area contributed by atoms with E-state index < -0.39 is 0 Å². The lowest BCUT2D eigenvalue weighted by molar-refractivity contribution is 0.0600. The molecule has 1 aliphatic rings. The second-order valence-corrected chi connectivity index (χ2v) is 8.21. The smallest absolute Gasteiger partial charge is 0.272 e. The summed E-state index contributed by atoms with van der Waals surface area (Å²) < 4.78 is 2.09. The van der Waals surface area contributed by atoms with Crippen molar-refractivity contribution in [1.29, 1.82) is 0 Å². The van der Waals surface area contributed by atoms with Gasteiger partial charge in [-0.05, 0) is 43.2 Å². The normalized spacial score (nSPS) is 14.7. The Hall–Kier alpha value is -3.48. The molecule has 1 aromatic carbocycles. The van der Waals surface area contributed by atoms with E-state index in [0.717, 1.165) is 53.8 Å². The van der Waals surface area contributed by atoms with Gasteiger partial charge in [0.05, 0.1) is 23.3 Å². The van der Waals surface area contributed by atoms with Crippen LogP contribution in [0, 0.1) is 0 Å². The first kappa shape index (κ1) is 19.5. The van der Waals surface area contributed by atoms with Crippen LogP contribution in [-0.2, 0) is 13.6 Å². The van der Waals surface area contributed by atoms with Gasteiger partial charge in [0.2, 0.25) is 0 Å². The lowest BCUT2D eigenvalue weighted by atomic mass is 9.94. The minimum atomic E-state index is -0.0263. The monoisotopic (exact) mass is 414 g/mol. The molecule has 3 aromatic heterocycles. The molecule has 0 atom stereocenters. The molecule has 5 rings (SSSR count). The highest BCUT2D eigenvalue weighted by Gasteiger charge is 2.29. The number of para-hydroxylation sites is 2. The topological polar surface area (TPSA) is 79.7 Å². The molecule has 1 fully saturated rings. The Balaban J connectivity index is 1.46. The number of carbonyl (C=O) groups is 1. The van der Waals surface area contributed by atoms with E-state index in [9.17, 15) is 4.79 Å². The van der Waals surface area contributed by atoms with E-state index in [1.807, 2.05) is 48.3 Å². The van der Waals surface area contributed by atoms with Gasteiger partial charge in [-0.15, -0.1) is 0 Å². The minimum absolute atomic E-state index is 0.0263. The zero-order valence-electron chi connectivity index (χ0n) is 17.7. The Morgan fingerprint density at radius 2 is 2.00 bits per heavy atom. The van der Waals surface area contributed by atoms with Crippen molar-refractivity contribution >= 4 is 16.9 Å². The van der Waals surface area contributed by atoms with Crippen LogP contribution in [0.4, 0.5) is 0 Å². The third-order valence-electron chi connectivity index (χ3n) is 6.23. The Kier molecular flexibility index (Phi) is 5.24. The second-order valence-electron chi connectivity index (χ2n) is 8.21. The Morgan fingerprint density at radius 3 is 2.77 bits per heavy atom. The summed E-state index contributed by atoms with van der Waals surface area (Å²) in [4.78, 5) is 24.6. The average molecular weight is 415 g/mol. The second kappa shape index (κ2) is 8.34. The van der Waals surface area contributed by atoms with E-state index in [4.69, 9.17) is 4.98 Å². The summed E-state index contributed by atoms with van der Waals surface area (Å²) in [6.07, 6.45) is 9.08. The van der Waals surface area contributed by atoms with E-state index in [-0.39, 0.29) is 11.9 Å². The van der Waals surface area contributed by atoms with Gasteiger partial charge in [-0.3, -0.25) is 14.9 Å². The van der Waals surface area contributed by atoms with E-state index >= 15 is 0 Å². The lowest BCUT2D eigenvalue weighted by Crippen LogP contribution is -2.41. The number of amides is 1. The van der Waals surface area contributed by atoms with Crippen LogP contribution in [0.5, 0.6) is 0 Å². The number of carbonyl (C=O) groups excluding carboxylic acids is 1. The number of nitrogens with one attached hydrogen (secondary N) is 1. The van der Waals surface area contributed by atoms with Crippen molar-refractivity contribution in [3.8, 4) is 11.3 Å². The lowest BCUT2D eigenvalue weighted by Gasteiger charge is -2.33. The summed E-state index contributed by atoms with van der Waals surface area (Å²) in [6.45, 7) is 0.482. The molecule has 3 heterocycles. The quantitative estimate of drug-likeness (QED) is 0.527. The predicted molar refractivity (Wildman–Crippen MR) is 119 cm³/mol. The van der Waals surface area contributed by atoms with Crippen LogP contribution < -0.4 is 0 Å². The Morgan fingerprint density at radius 1 is 1.16 bits per heavy atom. The van der Waals surface area contributed by atoms with Gasteiger partial charge in [-0.25, -0.2) is 4.98 Å². The maximum atomic E-state index is 13.6. The maximum Gasteiger partial charge on any atom is 0.272 e. The molecule has 31 heavy (non-hydrogen) atoms. The molecule has 0 saturated heterocycles. The number of aromatic nitrogens is 5. The molecule has 1 N–H and O–H groups in total. The summed E-state index contributed by atoms with van der Waals surface area (Å²) in [6, 6.07) is 13.9. The molecule has 158 valence electrons. The number of nitrogens with zero attached hydrogens (tertiary/aromatic N) is 5. The first-order chi connectivity index (χ1) is 15.2. The van der Waals surface area contributed by atoms with E-state index in [0.29, 0.717) is 12.2 Å². The fourth-order valence-corrected chi connectivity index (χ4v) is 4.50. The number of rotatable bonds is 5.